The van der Waals surface area contributed by atoms with Gasteiger partial charge < -0.3 is 5.32 Å². The number of nitrogens with zero attached hydrogens (tertiary/aromatic N) is 2. The van der Waals surface area contributed by atoms with Crippen LogP contribution < -0.4 is 5.32 Å². The highest BCUT2D eigenvalue weighted by Gasteiger charge is 2.22. The van der Waals surface area contributed by atoms with E-state index in [1.54, 1.807) is 0 Å². The standard InChI is InChI=1S/C18H27N3OS/c1-13-7-14(2)10-21(9-13)11-16-12-23-18(19-16)20-17(22)8-15-5-3-4-6-15/h3,5,12-15H,4,6-11H2,1-2H3,(H,19,20,22). The van der Waals surface area contributed by atoms with E-state index in [2.05, 4.69) is 46.6 Å². The van der Waals surface area contributed by atoms with Crippen molar-refractivity contribution in [1.82, 2.24) is 9.88 Å². The highest BCUT2D eigenvalue weighted by Crippen LogP contribution is 2.25. The van der Waals surface area contributed by atoms with Gasteiger partial charge in [-0.3, -0.25) is 9.69 Å². The predicted molar refractivity (Wildman–Crippen MR) is 95.4 cm³/mol. The molecule has 1 saturated heterocycles. The van der Waals surface area contributed by atoms with E-state index in [-0.39, 0.29) is 5.91 Å². The molecule has 23 heavy (non-hydrogen) atoms. The third-order valence-corrected chi connectivity index (χ3v) is 5.49. The summed E-state index contributed by atoms with van der Waals surface area (Å²) < 4.78 is 0. The Morgan fingerprint density at radius 3 is 2.87 bits per heavy atom. The van der Waals surface area contributed by atoms with Crippen LogP contribution in [-0.4, -0.2) is 28.9 Å². The van der Waals surface area contributed by atoms with Gasteiger partial charge in [-0.2, -0.15) is 0 Å². The minimum Gasteiger partial charge on any atom is -0.302 e. The van der Waals surface area contributed by atoms with E-state index >= 15 is 0 Å². The Hall–Kier alpha value is -1.20. The summed E-state index contributed by atoms with van der Waals surface area (Å²) in [5.41, 5.74) is 1.08. The number of hydrogen-bond acceptors (Lipinski definition) is 4. The van der Waals surface area contributed by atoms with Crippen LogP contribution in [0.25, 0.3) is 0 Å². The first-order chi connectivity index (χ1) is 11.1. The van der Waals surface area contributed by atoms with Gasteiger partial charge in [0.25, 0.3) is 0 Å². The number of carbonyl (C=O) groups is 1. The Labute approximate surface area is 143 Å². The number of nitrogens with one attached hydrogen (secondary N) is 1. The first-order valence-electron chi connectivity index (χ1n) is 8.71. The van der Waals surface area contributed by atoms with Crippen molar-refractivity contribution in [2.24, 2.45) is 17.8 Å². The quantitative estimate of drug-likeness (QED) is 0.831. The molecule has 5 heteroatoms. The lowest BCUT2D eigenvalue weighted by Gasteiger charge is -2.34. The Morgan fingerprint density at radius 1 is 1.39 bits per heavy atom. The maximum Gasteiger partial charge on any atom is 0.226 e. The molecule has 3 atom stereocenters. The molecular formula is C18H27N3OS. The number of anilines is 1. The highest BCUT2D eigenvalue weighted by atomic mass is 32.1. The van der Waals surface area contributed by atoms with E-state index in [9.17, 15) is 4.79 Å². The molecule has 0 bridgehead atoms. The number of likely N-dealkylation sites (tertiary alicyclic amines) is 1. The number of allylic oxidation sites excluding steroid dienone is 2. The topological polar surface area (TPSA) is 45.2 Å². The number of rotatable bonds is 5. The average Bonchev–Trinajstić information content (AvgIpc) is 3.10. The van der Waals surface area contributed by atoms with Gasteiger partial charge >= 0.3 is 0 Å². The average molecular weight is 334 g/mol. The van der Waals surface area contributed by atoms with Crippen LogP contribution in [0.5, 0.6) is 0 Å². The number of hydrogen-bond donors (Lipinski definition) is 1. The van der Waals surface area contributed by atoms with Gasteiger partial charge in [-0.15, -0.1) is 11.3 Å². The second-order valence-electron chi connectivity index (χ2n) is 7.30. The zero-order valence-electron chi connectivity index (χ0n) is 14.1. The fourth-order valence-electron chi connectivity index (χ4n) is 3.86. The van der Waals surface area contributed by atoms with Gasteiger partial charge in [-0.25, -0.2) is 4.98 Å². The molecule has 1 N–H and O–H groups in total. The number of amides is 1. The predicted octanol–water partition coefficient (Wildman–Crippen LogP) is 3.92. The van der Waals surface area contributed by atoms with Gasteiger partial charge in [0.15, 0.2) is 5.13 Å². The van der Waals surface area contributed by atoms with E-state index in [0.717, 1.165) is 55.1 Å². The SMILES string of the molecule is CC1CC(C)CN(Cc2csc(NC(=O)CC3C=CCC3)n2)C1. The molecule has 0 radical (unpaired) electrons. The molecule has 1 aliphatic heterocycles. The van der Waals surface area contributed by atoms with Crippen LogP contribution in [-0.2, 0) is 11.3 Å². The van der Waals surface area contributed by atoms with Crippen molar-refractivity contribution >= 4 is 22.4 Å². The van der Waals surface area contributed by atoms with Crippen molar-refractivity contribution < 1.29 is 4.79 Å². The maximum absolute atomic E-state index is 12.1. The van der Waals surface area contributed by atoms with Crippen LogP contribution >= 0.6 is 11.3 Å². The first-order valence-corrected chi connectivity index (χ1v) is 9.59. The molecule has 1 aromatic heterocycles. The Morgan fingerprint density at radius 2 is 2.17 bits per heavy atom. The molecule has 1 fully saturated rings. The summed E-state index contributed by atoms with van der Waals surface area (Å²) in [6.45, 7) is 7.85. The molecule has 0 aromatic carbocycles. The molecule has 1 aromatic rings. The van der Waals surface area contributed by atoms with Gasteiger partial charge in [-0.05, 0) is 37.0 Å². The molecule has 0 spiro atoms. The number of thiazole rings is 1. The Bertz CT molecular complexity index is 558. The molecule has 3 rings (SSSR count). The van der Waals surface area contributed by atoms with Crippen LogP contribution in [0, 0.1) is 17.8 Å². The smallest absolute Gasteiger partial charge is 0.226 e. The summed E-state index contributed by atoms with van der Waals surface area (Å²) in [6, 6.07) is 0. The monoisotopic (exact) mass is 333 g/mol. The molecular weight excluding hydrogens is 306 g/mol. The lowest BCUT2D eigenvalue weighted by Crippen LogP contribution is -2.38. The summed E-state index contributed by atoms with van der Waals surface area (Å²) in [4.78, 5) is 19.1. The van der Waals surface area contributed by atoms with Crippen LogP contribution in [0.3, 0.4) is 0 Å². The summed E-state index contributed by atoms with van der Waals surface area (Å²) in [6.07, 6.45) is 8.43. The zero-order chi connectivity index (χ0) is 16.2. The maximum atomic E-state index is 12.1. The minimum atomic E-state index is 0.0858. The van der Waals surface area contributed by atoms with E-state index in [0.29, 0.717) is 12.3 Å². The van der Waals surface area contributed by atoms with Crippen molar-refractivity contribution in [3.8, 4) is 0 Å². The fourth-order valence-corrected chi connectivity index (χ4v) is 4.58. The number of carbonyl (C=O) groups excluding carboxylic acids is 1. The molecule has 1 aliphatic carbocycles. The van der Waals surface area contributed by atoms with Crippen LogP contribution in [0.4, 0.5) is 5.13 Å². The third kappa shape index (κ3) is 4.88. The van der Waals surface area contributed by atoms with Crippen LogP contribution in [0.2, 0.25) is 0 Å². The van der Waals surface area contributed by atoms with E-state index in [4.69, 9.17) is 0 Å². The largest absolute Gasteiger partial charge is 0.302 e. The Kier molecular flexibility index (Phi) is 5.49. The van der Waals surface area contributed by atoms with Crippen LogP contribution in [0.1, 0.15) is 45.2 Å². The van der Waals surface area contributed by atoms with Crippen molar-refractivity contribution in [3.05, 3.63) is 23.2 Å². The lowest BCUT2D eigenvalue weighted by molar-refractivity contribution is -0.116. The van der Waals surface area contributed by atoms with Crippen molar-refractivity contribution in [2.75, 3.05) is 18.4 Å². The van der Waals surface area contributed by atoms with E-state index < -0.39 is 0 Å². The summed E-state index contributed by atoms with van der Waals surface area (Å²) >= 11 is 1.54. The minimum absolute atomic E-state index is 0.0858. The van der Waals surface area contributed by atoms with Crippen LogP contribution in [0.15, 0.2) is 17.5 Å². The second-order valence-corrected chi connectivity index (χ2v) is 8.16. The Balaban J connectivity index is 1.49. The molecule has 2 heterocycles. The molecule has 4 nitrogen and oxygen atoms in total. The molecule has 126 valence electrons. The molecule has 1 amide bonds. The molecule has 0 saturated carbocycles. The normalized spacial score (nSPS) is 28.2. The highest BCUT2D eigenvalue weighted by molar-refractivity contribution is 7.13. The van der Waals surface area contributed by atoms with Gasteiger partial charge in [-0.1, -0.05) is 26.0 Å². The third-order valence-electron chi connectivity index (χ3n) is 4.69. The molecule has 3 unspecified atom stereocenters. The van der Waals surface area contributed by atoms with Crippen molar-refractivity contribution in [3.63, 3.8) is 0 Å². The van der Waals surface area contributed by atoms with Gasteiger partial charge in [0.1, 0.15) is 0 Å². The molecule has 2 aliphatic rings. The van der Waals surface area contributed by atoms with Crippen molar-refractivity contribution in [1.29, 1.82) is 0 Å². The second kappa shape index (κ2) is 7.58. The fraction of sp³-hybridized carbons (Fsp3) is 0.667. The van der Waals surface area contributed by atoms with E-state index in [1.807, 2.05) is 0 Å². The number of aromatic nitrogens is 1. The van der Waals surface area contributed by atoms with Gasteiger partial charge in [0.2, 0.25) is 5.91 Å². The van der Waals surface area contributed by atoms with E-state index in [1.165, 1.54) is 17.8 Å². The summed E-state index contributed by atoms with van der Waals surface area (Å²) in [5.74, 6) is 2.01. The van der Waals surface area contributed by atoms with Gasteiger partial charge in [0.05, 0.1) is 5.69 Å². The number of piperidine rings is 1. The van der Waals surface area contributed by atoms with Crippen molar-refractivity contribution in [2.45, 2.75) is 46.1 Å². The summed E-state index contributed by atoms with van der Waals surface area (Å²) in [5, 5.41) is 5.78. The zero-order valence-corrected chi connectivity index (χ0v) is 14.9. The van der Waals surface area contributed by atoms with Gasteiger partial charge in [0, 0.05) is 31.4 Å². The summed E-state index contributed by atoms with van der Waals surface area (Å²) in [7, 11) is 0. The lowest BCUT2D eigenvalue weighted by atomic mass is 9.92. The first kappa shape index (κ1) is 16.7.